The Morgan fingerprint density at radius 2 is 1.60 bits per heavy atom. The summed E-state index contributed by atoms with van der Waals surface area (Å²) in [5, 5.41) is 0. The molecule has 2 unspecified atom stereocenters. The minimum absolute atomic E-state index is 0.350. The minimum Gasteiger partial charge on any atom is -0.341 e. The molecule has 0 aromatic rings. The molecule has 0 radical (unpaired) electrons. The Hall–Kier alpha value is -1.35. The van der Waals surface area contributed by atoms with E-state index < -0.39 is 0 Å². The molecular weight excluding hydrogens is 368 g/mol. The van der Waals surface area contributed by atoms with Crippen molar-refractivity contribution in [3.63, 3.8) is 0 Å². The smallest absolute Gasteiger partial charge is 0.222 e. The number of carbonyl (C=O) groups excluding carboxylic acids is 1. The van der Waals surface area contributed by atoms with Crippen molar-refractivity contribution in [1.29, 1.82) is 0 Å². The average molecular weight is 417 g/mol. The number of piperidine rings is 1. The highest BCUT2D eigenvalue weighted by atomic mass is 16.2. The van der Waals surface area contributed by atoms with Crippen LogP contribution in [0.5, 0.6) is 0 Å². The zero-order chi connectivity index (χ0) is 22.5. The van der Waals surface area contributed by atoms with Crippen LogP contribution in [0.4, 0.5) is 0 Å². The highest BCUT2D eigenvalue weighted by molar-refractivity contribution is 5.76. The summed E-state index contributed by atoms with van der Waals surface area (Å²) < 4.78 is 0. The summed E-state index contributed by atoms with van der Waals surface area (Å²) in [7, 11) is 4.25. The maximum absolute atomic E-state index is 12.7. The van der Waals surface area contributed by atoms with Crippen LogP contribution in [0.25, 0.3) is 0 Å². The van der Waals surface area contributed by atoms with Crippen LogP contribution in [-0.4, -0.2) is 48.9 Å². The Kier molecular flexibility index (Phi) is 13.0. The van der Waals surface area contributed by atoms with Crippen LogP contribution >= 0.6 is 0 Å². The van der Waals surface area contributed by atoms with Gasteiger partial charge in [0.15, 0.2) is 0 Å². The van der Waals surface area contributed by atoms with Gasteiger partial charge in [-0.15, -0.1) is 0 Å². The van der Waals surface area contributed by atoms with Crippen molar-refractivity contribution in [2.45, 2.75) is 98.4 Å². The van der Waals surface area contributed by atoms with Gasteiger partial charge in [-0.3, -0.25) is 4.79 Å². The van der Waals surface area contributed by atoms with Crippen molar-refractivity contribution in [3.8, 4) is 0 Å². The van der Waals surface area contributed by atoms with E-state index in [1.54, 1.807) is 0 Å². The van der Waals surface area contributed by atoms with Crippen LogP contribution < -0.4 is 0 Å². The molecule has 0 N–H and O–H groups in total. The molecule has 1 fully saturated rings. The van der Waals surface area contributed by atoms with Crippen molar-refractivity contribution in [3.05, 3.63) is 34.9 Å². The molecule has 1 aliphatic rings. The van der Waals surface area contributed by atoms with Crippen molar-refractivity contribution in [2.24, 2.45) is 5.92 Å². The highest BCUT2D eigenvalue weighted by Crippen LogP contribution is 2.19. The van der Waals surface area contributed by atoms with Crippen LogP contribution in [0.2, 0.25) is 0 Å². The summed E-state index contributed by atoms with van der Waals surface area (Å²) in [5.74, 6) is 0.807. The summed E-state index contributed by atoms with van der Waals surface area (Å²) in [5.41, 5.74) is 4.39. The van der Waals surface area contributed by atoms with Gasteiger partial charge >= 0.3 is 0 Å². The Balaban J connectivity index is 2.27. The van der Waals surface area contributed by atoms with Crippen LogP contribution in [0.1, 0.15) is 92.4 Å². The Labute approximate surface area is 187 Å². The third kappa shape index (κ3) is 11.7. The number of likely N-dealkylation sites (N-methyl/N-ethyl adjacent to an activating group) is 1. The van der Waals surface area contributed by atoms with Crippen LogP contribution in [0.3, 0.4) is 0 Å². The number of nitrogens with zero attached hydrogens (tertiary/aromatic N) is 2. The predicted octanol–water partition coefficient (Wildman–Crippen LogP) is 6.76. The second kappa shape index (κ2) is 14.6. The fourth-order valence-electron chi connectivity index (χ4n) is 4.09. The van der Waals surface area contributed by atoms with E-state index in [-0.39, 0.29) is 0 Å². The summed E-state index contributed by atoms with van der Waals surface area (Å²) >= 11 is 0. The van der Waals surface area contributed by atoms with Gasteiger partial charge in [0.1, 0.15) is 0 Å². The largest absolute Gasteiger partial charge is 0.341 e. The Bertz CT molecular complexity index is 596. The zero-order valence-corrected chi connectivity index (χ0v) is 21.0. The molecule has 0 bridgehead atoms. The number of hydrogen-bond acceptors (Lipinski definition) is 2. The van der Waals surface area contributed by atoms with Gasteiger partial charge in [-0.05, 0) is 99.1 Å². The lowest BCUT2D eigenvalue weighted by Gasteiger charge is -2.36. The first kappa shape index (κ1) is 26.7. The van der Waals surface area contributed by atoms with E-state index in [1.165, 1.54) is 29.6 Å². The van der Waals surface area contributed by atoms with E-state index in [0.717, 1.165) is 51.6 Å². The molecule has 172 valence electrons. The van der Waals surface area contributed by atoms with E-state index in [2.05, 4.69) is 76.7 Å². The maximum atomic E-state index is 12.7. The number of amides is 1. The van der Waals surface area contributed by atoms with Gasteiger partial charge in [-0.25, -0.2) is 0 Å². The van der Waals surface area contributed by atoms with E-state index >= 15 is 0 Å². The van der Waals surface area contributed by atoms with Crippen LogP contribution in [0, 0.1) is 5.92 Å². The molecule has 2 atom stereocenters. The van der Waals surface area contributed by atoms with Crippen molar-refractivity contribution in [2.75, 3.05) is 27.2 Å². The molecule has 1 saturated heterocycles. The van der Waals surface area contributed by atoms with Gasteiger partial charge < -0.3 is 9.80 Å². The number of carbonyl (C=O) groups is 1. The molecule has 0 aliphatic carbocycles. The first-order valence-electron chi connectivity index (χ1n) is 12.1. The van der Waals surface area contributed by atoms with Gasteiger partial charge in [-0.2, -0.15) is 0 Å². The zero-order valence-electron chi connectivity index (χ0n) is 21.0. The van der Waals surface area contributed by atoms with Gasteiger partial charge in [0.2, 0.25) is 5.91 Å². The second-order valence-corrected chi connectivity index (χ2v) is 9.95. The van der Waals surface area contributed by atoms with Crippen LogP contribution in [0.15, 0.2) is 34.9 Å². The monoisotopic (exact) mass is 416 g/mol. The van der Waals surface area contributed by atoms with Crippen molar-refractivity contribution < 1.29 is 4.79 Å². The van der Waals surface area contributed by atoms with E-state index in [4.69, 9.17) is 0 Å². The number of rotatable bonds is 12. The van der Waals surface area contributed by atoms with E-state index in [9.17, 15) is 4.79 Å². The third-order valence-corrected chi connectivity index (χ3v) is 6.28. The molecule has 0 spiro atoms. The number of allylic oxidation sites excluding steroid dienone is 6. The lowest BCUT2D eigenvalue weighted by molar-refractivity contribution is -0.134. The molecule has 0 aromatic heterocycles. The first-order valence-corrected chi connectivity index (χ1v) is 12.1. The molecule has 0 saturated carbocycles. The van der Waals surface area contributed by atoms with Gasteiger partial charge in [0, 0.05) is 25.6 Å². The Morgan fingerprint density at radius 1 is 1.00 bits per heavy atom. The number of hydrogen-bond donors (Lipinski definition) is 0. The molecule has 1 amide bonds. The summed E-state index contributed by atoms with van der Waals surface area (Å²) in [4.78, 5) is 17.0. The average Bonchev–Trinajstić information content (AvgIpc) is 2.67. The van der Waals surface area contributed by atoms with Crippen LogP contribution in [-0.2, 0) is 4.79 Å². The lowest BCUT2D eigenvalue weighted by atomic mass is 9.98. The SMILES string of the molecule is CC(C)=CCCC(C)=CCCC(C)=CCCC(C)CC(=O)N1CCCC(N(C)C)C1. The fraction of sp³-hybridized carbons (Fsp3) is 0.741. The number of likely N-dealkylation sites (tertiary alicyclic amines) is 1. The molecular formula is C27H48N2O. The standard InChI is InChI=1S/C27H48N2O/c1-22(2)12-8-13-23(3)14-9-15-24(4)16-10-17-25(5)20-27(30)29-19-11-18-26(21-29)28(6)7/h12,14,16,25-26H,8-11,13,15,17-21H2,1-7H3. The van der Waals surface area contributed by atoms with Crippen molar-refractivity contribution in [1.82, 2.24) is 9.80 Å². The van der Waals surface area contributed by atoms with Gasteiger partial charge in [0.05, 0.1) is 0 Å². The Morgan fingerprint density at radius 3 is 2.20 bits per heavy atom. The normalized spacial score (nSPS) is 19.2. The van der Waals surface area contributed by atoms with Gasteiger partial charge in [-0.1, -0.05) is 41.9 Å². The summed E-state index contributed by atoms with van der Waals surface area (Å²) in [6.07, 6.45) is 16.9. The quantitative estimate of drug-likeness (QED) is 0.328. The van der Waals surface area contributed by atoms with E-state index in [1.807, 2.05) is 0 Å². The highest BCUT2D eigenvalue weighted by Gasteiger charge is 2.25. The molecule has 1 aliphatic heterocycles. The lowest BCUT2D eigenvalue weighted by Crippen LogP contribution is -2.47. The summed E-state index contributed by atoms with van der Waals surface area (Å²) in [6.45, 7) is 12.9. The van der Waals surface area contributed by atoms with Gasteiger partial charge in [0.25, 0.3) is 0 Å². The summed E-state index contributed by atoms with van der Waals surface area (Å²) in [6, 6.07) is 0.522. The van der Waals surface area contributed by atoms with Crippen molar-refractivity contribution >= 4 is 5.91 Å². The topological polar surface area (TPSA) is 23.6 Å². The maximum Gasteiger partial charge on any atom is 0.222 e. The molecule has 1 rings (SSSR count). The first-order chi connectivity index (χ1) is 14.2. The molecule has 3 nitrogen and oxygen atoms in total. The molecule has 3 heteroatoms. The molecule has 1 heterocycles. The molecule has 30 heavy (non-hydrogen) atoms. The molecule has 0 aromatic carbocycles. The fourth-order valence-corrected chi connectivity index (χ4v) is 4.09. The van der Waals surface area contributed by atoms with E-state index in [0.29, 0.717) is 24.3 Å². The minimum atomic E-state index is 0.350. The predicted molar refractivity (Wildman–Crippen MR) is 132 cm³/mol. The third-order valence-electron chi connectivity index (χ3n) is 6.28. The second-order valence-electron chi connectivity index (χ2n) is 9.95.